The molecule has 0 aliphatic carbocycles. The Kier molecular flexibility index (Phi) is 5.95. The third-order valence-corrected chi connectivity index (χ3v) is 3.88. The van der Waals surface area contributed by atoms with E-state index in [4.69, 9.17) is 16.3 Å². The number of anilines is 1. The van der Waals surface area contributed by atoms with Gasteiger partial charge in [0.05, 0.1) is 5.56 Å². The molecule has 0 aliphatic heterocycles. The fourth-order valence-electron chi connectivity index (χ4n) is 2.20. The largest absolute Gasteiger partial charge is 0.488 e. The summed E-state index contributed by atoms with van der Waals surface area (Å²) in [6.45, 7) is 3.06. The number of hydrogen-bond acceptors (Lipinski definition) is 2. The van der Waals surface area contributed by atoms with Crippen LogP contribution in [0.3, 0.4) is 0 Å². The van der Waals surface area contributed by atoms with Crippen LogP contribution in [-0.2, 0) is 17.6 Å². The number of benzene rings is 2. The van der Waals surface area contributed by atoms with Crippen molar-refractivity contribution in [3.05, 3.63) is 58.1 Å². The number of rotatable bonds is 5. The molecule has 2 aromatic rings. The minimum absolute atomic E-state index is 0.203. The predicted octanol–water partition coefficient (Wildman–Crippen LogP) is 5.59. The number of carbonyl (C=O) groups excluding carboxylic acids is 1. The maximum absolute atomic E-state index is 13.2. The molecule has 0 aromatic heterocycles. The lowest BCUT2D eigenvalue weighted by atomic mass is 10.1. The molecule has 0 saturated carbocycles. The summed E-state index contributed by atoms with van der Waals surface area (Å²) >= 11 is 6.12. The van der Waals surface area contributed by atoms with Crippen molar-refractivity contribution >= 4 is 23.2 Å². The summed E-state index contributed by atoms with van der Waals surface area (Å²) in [6.07, 6.45) is -4.26. The monoisotopic (exact) mass is 371 g/mol. The van der Waals surface area contributed by atoms with Gasteiger partial charge in [0.15, 0.2) is 0 Å². The third kappa shape index (κ3) is 4.89. The highest BCUT2D eigenvalue weighted by Crippen LogP contribution is 2.37. The number of amides is 1. The molecule has 7 heteroatoms. The van der Waals surface area contributed by atoms with Crippen LogP contribution in [-0.4, -0.2) is 5.91 Å². The molecule has 0 saturated heterocycles. The molecule has 0 spiro atoms. The summed E-state index contributed by atoms with van der Waals surface area (Å²) < 4.78 is 44.9. The Morgan fingerprint density at radius 1 is 1.24 bits per heavy atom. The summed E-state index contributed by atoms with van der Waals surface area (Å²) in [5, 5.41) is 2.97. The van der Waals surface area contributed by atoms with Crippen molar-refractivity contribution in [2.24, 2.45) is 0 Å². The van der Waals surface area contributed by atoms with Crippen molar-refractivity contribution in [1.82, 2.24) is 0 Å². The quantitative estimate of drug-likeness (QED) is 0.743. The van der Waals surface area contributed by atoms with Crippen molar-refractivity contribution < 1.29 is 22.7 Å². The minimum Gasteiger partial charge on any atom is -0.488 e. The highest BCUT2D eigenvalue weighted by molar-refractivity contribution is 6.31. The number of nitrogens with one attached hydrogen (secondary N) is 1. The summed E-state index contributed by atoms with van der Waals surface area (Å²) in [5.74, 6) is -0.513. The minimum atomic E-state index is -4.53. The van der Waals surface area contributed by atoms with Crippen LogP contribution in [0.4, 0.5) is 18.9 Å². The molecule has 0 fully saturated rings. The molecule has 0 unspecified atom stereocenters. The van der Waals surface area contributed by atoms with Gasteiger partial charge in [-0.05, 0) is 31.2 Å². The molecule has 0 radical (unpaired) electrons. The van der Waals surface area contributed by atoms with Crippen LogP contribution in [0, 0.1) is 6.92 Å². The van der Waals surface area contributed by atoms with Gasteiger partial charge in [0.2, 0.25) is 5.91 Å². The van der Waals surface area contributed by atoms with E-state index in [1.54, 1.807) is 32.0 Å². The maximum Gasteiger partial charge on any atom is 0.419 e. The van der Waals surface area contributed by atoms with Crippen molar-refractivity contribution in [1.29, 1.82) is 0 Å². The van der Waals surface area contributed by atoms with Crippen LogP contribution < -0.4 is 10.1 Å². The lowest BCUT2D eigenvalue weighted by Crippen LogP contribution is -2.13. The fraction of sp³-hybridized carbons (Fsp3) is 0.278. The van der Waals surface area contributed by atoms with Gasteiger partial charge >= 0.3 is 6.18 Å². The van der Waals surface area contributed by atoms with Gasteiger partial charge in [0.25, 0.3) is 0 Å². The zero-order valence-corrected chi connectivity index (χ0v) is 14.5. The standard InChI is InChI=1S/C18H17ClF3NO2/c1-3-17(24)23-15-6-4-5-14(19)12(15)10-25-16-8-7-11(2)9-13(16)18(20,21)22/h4-9H,3,10H2,1-2H3,(H,23,24). The second-order valence-electron chi connectivity index (χ2n) is 5.45. The predicted molar refractivity (Wildman–Crippen MR) is 90.9 cm³/mol. The van der Waals surface area contributed by atoms with E-state index in [1.165, 1.54) is 12.1 Å². The van der Waals surface area contributed by atoms with Gasteiger partial charge in [-0.2, -0.15) is 13.2 Å². The van der Waals surface area contributed by atoms with Crippen molar-refractivity contribution in [3.63, 3.8) is 0 Å². The van der Waals surface area contributed by atoms with Crippen LogP contribution >= 0.6 is 11.6 Å². The first kappa shape index (κ1) is 19.1. The summed E-state index contributed by atoms with van der Waals surface area (Å²) in [6, 6.07) is 8.70. The maximum atomic E-state index is 13.2. The molecule has 134 valence electrons. The molecule has 25 heavy (non-hydrogen) atoms. The smallest absolute Gasteiger partial charge is 0.419 e. The van der Waals surface area contributed by atoms with Gasteiger partial charge in [-0.25, -0.2) is 0 Å². The highest BCUT2D eigenvalue weighted by atomic mass is 35.5. The van der Waals surface area contributed by atoms with E-state index in [0.29, 0.717) is 21.8 Å². The number of aryl methyl sites for hydroxylation is 1. The SMILES string of the molecule is CCC(=O)Nc1cccc(Cl)c1COc1ccc(C)cc1C(F)(F)F. The summed E-state index contributed by atoms with van der Waals surface area (Å²) in [5.41, 5.74) is 0.465. The summed E-state index contributed by atoms with van der Waals surface area (Å²) in [7, 11) is 0. The molecule has 0 heterocycles. The molecular weight excluding hydrogens is 355 g/mol. The zero-order valence-electron chi connectivity index (χ0n) is 13.7. The van der Waals surface area contributed by atoms with Crippen molar-refractivity contribution in [2.75, 3.05) is 5.32 Å². The number of ether oxygens (including phenoxy) is 1. The zero-order chi connectivity index (χ0) is 18.6. The van der Waals surface area contributed by atoms with Gasteiger partial charge in [-0.15, -0.1) is 0 Å². The second kappa shape index (κ2) is 7.78. The van der Waals surface area contributed by atoms with E-state index in [9.17, 15) is 18.0 Å². The first-order valence-corrected chi connectivity index (χ1v) is 7.98. The number of carbonyl (C=O) groups is 1. The van der Waals surface area contributed by atoms with E-state index in [0.717, 1.165) is 6.07 Å². The average Bonchev–Trinajstić information content (AvgIpc) is 2.54. The van der Waals surface area contributed by atoms with Crippen LogP contribution in [0.15, 0.2) is 36.4 Å². The molecule has 3 nitrogen and oxygen atoms in total. The molecule has 0 atom stereocenters. The van der Waals surface area contributed by atoms with Gasteiger partial charge in [0.1, 0.15) is 12.4 Å². The number of hydrogen-bond donors (Lipinski definition) is 1. The highest BCUT2D eigenvalue weighted by Gasteiger charge is 2.34. The van der Waals surface area contributed by atoms with E-state index in [-0.39, 0.29) is 24.7 Å². The van der Waals surface area contributed by atoms with Crippen molar-refractivity contribution in [3.8, 4) is 5.75 Å². The average molecular weight is 372 g/mol. The first-order chi connectivity index (χ1) is 11.7. The second-order valence-corrected chi connectivity index (χ2v) is 5.86. The topological polar surface area (TPSA) is 38.3 Å². The molecule has 2 rings (SSSR count). The first-order valence-electron chi connectivity index (χ1n) is 7.60. The van der Waals surface area contributed by atoms with Gasteiger partial charge in [-0.1, -0.05) is 36.2 Å². The lowest BCUT2D eigenvalue weighted by molar-refractivity contribution is -0.139. The summed E-state index contributed by atoms with van der Waals surface area (Å²) in [4.78, 5) is 11.6. The van der Waals surface area contributed by atoms with Crippen LogP contribution in [0.1, 0.15) is 30.0 Å². The molecule has 0 aliphatic rings. The van der Waals surface area contributed by atoms with E-state index in [2.05, 4.69) is 5.32 Å². The van der Waals surface area contributed by atoms with E-state index < -0.39 is 11.7 Å². The Morgan fingerprint density at radius 2 is 1.96 bits per heavy atom. The fourth-order valence-corrected chi connectivity index (χ4v) is 2.43. The lowest BCUT2D eigenvalue weighted by Gasteiger charge is -2.17. The van der Waals surface area contributed by atoms with Crippen LogP contribution in [0.2, 0.25) is 5.02 Å². The Labute approximate surface area is 148 Å². The van der Waals surface area contributed by atoms with Gasteiger partial charge in [0, 0.05) is 22.7 Å². The number of alkyl halides is 3. The Bertz CT molecular complexity index is 775. The Balaban J connectivity index is 2.29. The van der Waals surface area contributed by atoms with E-state index in [1.807, 2.05) is 0 Å². The molecule has 1 amide bonds. The molecule has 2 aromatic carbocycles. The van der Waals surface area contributed by atoms with Crippen LogP contribution in [0.5, 0.6) is 5.75 Å². The molecule has 1 N–H and O–H groups in total. The third-order valence-electron chi connectivity index (χ3n) is 3.53. The Morgan fingerprint density at radius 3 is 2.60 bits per heavy atom. The molecular formula is C18H17ClF3NO2. The normalized spacial score (nSPS) is 11.3. The Hall–Kier alpha value is -2.21. The van der Waals surface area contributed by atoms with E-state index >= 15 is 0 Å². The van der Waals surface area contributed by atoms with Gasteiger partial charge < -0.3 is 10.1 Å². The van der Waals surface area contributed by atoms with Crippen molar-refractivity contribution in [2.45, 2.75) is 33.1 Å². The van der Waals surface area contributed by atoms with Crippen LogP contribution in [0.25, 0.3) is 0 Å². The number of halogens is 4. The molecule has 0 bridgehead atoms. The van der Waals surface area contributed by atoms with Gasteiger partial charge in [-0.3, -0.25) is 4.79 Å².